The summed E-state index contributed by atoms with van der Waals surface area (Å²) in [6.45, 7) is 11.7. The van der Waals surface area contributed by atoms with E-state index in [1.807, 2.05) is 5.32 Å². The Morgan fingerprint density at radius 2 is 1.40 bits per heavy atom. The number of carbonyl (C=O) groups is 5. The molecule has 40 heavy (non-hydrogen) atoms. The first-order valence-corrected chi connectivity index (χ1v) is 13.2. The first kappa shape index (κ1) is 36.4. The number of hydrogen-bond acceptors (Lipinski definition) is 11. The average molecular weight is 594 g/mol. The molecule has 0 aliphatic carbocycles. The number of hydrogen-bond donors (Lipinski definition) is 6. The number of phosphoric ester groups is 1. The van der Waals surface area contributed by atoms with Crippen molar-refractivity contribution in [2.24, 2.45) is 0 Å². The zero-order valence-corrected chi connectivity index (χ0v) is 23.0. The zero-order chi connectivity index (χ0) is 30.9. The standard InChI is InChI=1S/C23H36N3O13P/c1-6-11-36-23(34)26-19(15(5)39-40(35,37-12-7-2)38-13-8-3)21(31)24-16(9-10-17(28)29)20(30)25-18(14(4)27)22(32)33/h6-8,14-16,18-19,27H,1-3,9-13H2,4-5H3,(H,24,31)(H,25,30)(H,26,34)(H,28,29)(H,32,33)/t14-,15-,16+,18+,19+/m1/s1. The van der Waals surface area contributed by atoms with Crippen LogP contribution < -0.4 is 16.0 Å². The summed E-state index contributed by atoms with van der Waals surface area (Å²) in [5.74, 6) is -5.21. The van der Waals surface area contributed by atoms with Crippen molar-refractivity contribution in [1.82, 2.24) is 16.0 Å². The molecule has 0 unspecified atom stereocenters. The van der Waals surface area contributed by atoms with E-state index >= 15 is 0 Å². The Labute approximate surface area is 231 Å². The molecule has 0 saturated heterocycles. The van der Waals surface area contributed by atoms with E-state index in [1.54, 1.807) is 0 Å². The summed E-state index contributed by atoms with van der Waals surface area (Å²) >= 11 is 0. The molecule has 0 aromatic heterocycles. The van der Waals surface area contributed by atoms with Crippen molar-refractivity contribution in [2.75, 3.05) is 19.8 Å². The highest BCUT2D eigenvalue weighted by molar-refractivity contribution is 7.48. The molecule has 0 aliphatic rings. The van der Waals surface area contributed by atoms with Crippen molar-refractivity contribution in [3.05, 3.63) is 38.0 Å². The fourth-order valence-corrected chi connectivity index (χ4v) is 4.09. The van der Waals surface area contributed by atoms with Gasteiger partial charge in [0.25, 0.3) is 0 Å². The van der Waals surface area contributed by atoms with Gasteiger partial charge in [-0.05, 0) is 20.3 Å². The van der Waals surface area contributed by atoms with Crippen LogP contribution in [0, 0.1) is 0 Å². The van der Waals surface area contributed by atoms with Gasteiger partial charge in [-0.15, -0.1) is 13.2 Å². The number of rotatable bonds is 21. The smallest absolute Gasteiger partial charge is 0.475 e. The Morgan fingerprint density at radius 1 is 0.850 bits per heavy atom. The molecule has 5 atom stereocenters. The highest BCUT2D eigenvalue weighted by Gasteiger charge is 2.38. The van der Waals surface area contributed by atoms with Crippen LogP contribution in [0.15, 0.2) is 38.0 Å². The molecular weight excluding hydrogens is 557 g/mol. The third-order valence-corrected chi connectivity index (χ3v) is 6.20. The van der Waals surface area contributed by atoms with Gasteiger partial charge in [-0.3, -0.25) is 28.0 Å². The Hall–Kier alpha value is -3.56. The second kappa shape index (κ2) is 18.7. The van der Waals surface area contributed by atoms with Gasteiger partial charge in [0.2, 0.25) is 11.8 Å². The van der Waals surface area contributed by atoms with E-state index in [4.69, 9.17) is 23.4 Å². The molecule has 0 spiro atoms. The lowest BCUT2D eigenvalue weighted by atomic mass is 10.1. The minimum absolute atomic E-state index is 0.252. The number of aliphatic hydroxyl groups excluding tert-OH is 1. The SMILES string of the molecule is C=CCOC(=O)N[C@H](C(=O)N[C@@H](CCC(=O)O)C(=O)N[C@H](C(=O)O)[C@@H](C)O)[C@@H](C)OP(=O)(OCC=C)OCC=C. The maximum absolute atomic E-state index is 13.2. The van der Waals surface area contributed by atoms with E-state index in [0.717, 1.165) is 6.92 Å². The Morgan fingerprint density at radius 3 is 1.85 bits per heavy atom. The molecule has 3 amide bonds. The molecule has 226 valence electrons. The van der Waals surface area contributed by atoms with Crippen LogP contribution >= 0.6 is 7.82 Å². The average Bonchev–Trinajstić information content (AvgIpc) is 2.88. The minimum atomic E-state index is -4.37. The summed E-state index contributed by atoms with van der Waals surface area (Å²) in [6, 6.07) is -5.17. The monoisotopic (exact) mass is 593 g/mol. The quantitative estimate of drug-likeness (QED) is 0.0786. The molecule has 0 fully saturated rings. The highest BCUT2D eigenvalue weighted by atomic mass is 31.2. The molecule has 17 heteroatoms. The van der Waals surface area contributed by atoms with Gasteiger partial charge in [0, 0.05) is 6.42 Å². The number of carboxylic acid groups (broad SMARTS) is 2. The third kappa shape index (κ3) is 14.0. The van der Waals surface area contributed by atoms with Crippen LogP contribution in [0.1, 0.15) is 26.7 Å². The fourth-order valence-electron chi connectivity index (χ4n) is 2.79. The second-order valence-electron chi connectivity index (χ2n) is 7.99. The molecule has 0 radical (unpaired) electrons. The number of alkyl carbamates (subject to hydrolysis) is 1. The normalized spacial score (nSPS) is 14.8. The lowest BCUT2D eigenvalue weighted by molar-refractivity contribution is -0.145. The van der Waals surface area contributed by atoms with Crippen LogP contribution in [0.25, 0.3) is 0 Å². The molecule has 16 nitrogen and oxygen atoms in total. The van der Waals surface area contributed by atoms with Gasteiger partial charge in [0.1, 0.15) is 18.7 Å². The van der Waals surface area contributed by atoms with Crippen LogP contribution in [0.2, 0.25) is 0 Å². The summed E-state index contributed by atoms with van der Waals surface area (Å²) in [6.07, 6.45) is -1.57. The van der Waals surface area contributed by atoms with E-state index in [2.05, 4.69) is 30.4 Å². The van der Waals surface area contributed by atoms with Crippen LogP contribution in [-0.4, -0.2) is 95.3 Å². The molecule has 0 saturated carbocycles. The Balaban J connectivity index is 6.13. The third-order valence-electron chi connectivity index (χ3n) is 4.68. The van der Waals surface area contributed by atoms with Crippen molar-refractivity contribution in [2.45, 2.75) is 57.0 Å². The summed E-state index contributed by atoms with van der Waals surface area (Å²) in [5, 5.41) is 34.3. The van der Waals surface area contributed by atoms with Crippen LogP contribution in [0.3, 0.4) is 0 Å². The van der Waals surface area contributed by atoms with Gasteiger partial charge in [-0.1, -0.05) is 24.8 Å². The number of aliphatic hydroxyl groups is 1. The topological polar surface area (TPSA) is 236 Å². The zero-order valence-electron chi connectivity index (χ0n) is 22.1. The Bertz CT molecular complexity index is 956. The summed E-state index contributed by atoms with van der Waals surface area (Å²) in [7, 11) is -4.37. The summed E-state index contributed by atoms with van der Waals surface area (Å²) in [4.78, 5) is 60.7. The lowest BCUT2D eigenvalue weighted by Gasteiger charge is -2.29. The summed E-state index contributed by atoms with van der Waals surface area (Å²) < 4.78 is 33.3. The van der Waals surface area contributed by atoms with E-state index in [0.29, 0.717) is 0 Å². The van der Waals surface area contributed by atoms with Gasteiger partial charge in [-0.25, -0.2) is 14.2 Å². The predicted molar refractivity (Wildman–Crippen MR) is 139 cm³/mol. The number of carboxylic acids is 2. The van der Waals surface area contributed by atoms with E-state index in [9.17, 15) is 38.8 Å². The molecule has 6 N–H and O–H groups in total. The lowest BCUT2D eigenvalue weighted by Crippen LogP contribution is -2.59. The molecule has 0 heterocycles. The van der Waals surface area contributed by atoms with Crippen molar-refractivity contribution in [3.63, 3.8) is 0 Å². The number of aliphatic carboxylic acids is 2. The summed E-state index contributed by atoms with van der Waals surface area (Å²) in [5.41, 5.74) is 0. The maximum Gasteiger partial charge on any atom is 0.475 e. The van der Waals surface area contributed by atoms with Crippen molar-refractivity contribution in [3.8, 4) is 0 Å². The van der Waals surface area contributed by atoms with Gasteiger partial charge < -0.3 is 36.0 Å². The van der Waals surface area contributed by atoms with Crippen molar-refractivity contribution in [1.29, 1.82) is 0 Å². The number of ether oxygens (including phenoxy) is 1. The highest BCUT2D eigenvalue weighted by Crippen LogP contribution is 2.50. The predicted octanol–water partition coefficient (Wildman–Crippen LogP) is 0.485. The minimum Gasteiger partial charge on any atom is -0.481 e. The van der Waals surface area contributed by atoms with E-state index in [1.165, 1.54) is 25.2 Å². The second-order valence-corrected chi connectivity index (χ2v) is 9.62. The van der Waals surface area contributed by atoms with Gasteiger partial charge in [-0.2, -0.15) is 0 Å². The number of phosphoric acid groups is 1. The molecule has 0 aliphatic heterocycles. The van der Waals surface area contributed by atoms with E-state index < -0.39 is 80.8 Å². The number of nitrogens with one attached hydrogen (secondary N) is 3. The fraction of sp³-hybridized carbons (Fsp3) is 0.522. The molecule has 0 rings (SSSR count). The van der Waals surface area contributed by atoms with Crippen molar-refractivity contribution >= 4 is 37.7 Å². The number of carbonyl (C=O) groups excluding carboxylic acids is 3. The van der Waals surface area contributed by atoms with Crippen molar-refractivity contribution < 1.29 is 62.2 Å². The van der Waals surface area contributed by atoms with Crippen LogP contribution in [-0.2, 0) is 42.1 Å². The van der Waals surface area contributed by atoms with Gasteiger partial charge in [0.15, 0.2) is 6.04 Å². The van der Waals surface area contributed by atoms with E-state index in [-0.39, 0.29) is 19.8 Å². The first-order chi connectivity index (χ1) is 18.7. The largest absolute Gasteiger partial charge is 0.481 e. The first-order valence-electron chi connectivity index (χ1n) is 11.8. The van der Waals surface area contributed by atoms with Gasteiger partial charge >= 0.3 is 25.9 Å². The molecule has 0 aromatic carbocycles. The maximum atomic E-state index is 13.2. The van der Waals surface area contributed by atoms with Crippen LogP contribution in [0.4, 0.5) is 4.79 Å². The number of amides is 3. The molecule has 0 aromatic rings. The molecule has 0 bridgehead atoms. The Kier molecular flexibility index (Phi) is 17.0. The van der Waals surface area contributed by atoms with Gasteiger partial charge in [0.05, 0.1) is 25.4 Å². The van der Waals surface area contributed by atoms with Crippen LogP contribution in [0.5, 0.6) is 0 Å². The molecular formula is C23H36N3O13P.